The molecule has 0 aliphatic heterocycles. The fraction of sp³-hybridized carbons (Fsp3) is 0.714. The summed E-state index contributed by atoms with van der Waals surface area (Å²) in [5.41, 5.74) is 1.08. The molecule has 2 rings (SSSR count). The Morgan fingerprint density at radius 1 is 1.33 bits per heavy atom. The van der Waals surface area contributed by atoms with Gasteiger partial charge in [-0.1, -0.05) is 26.7 Å². The molecule has 0 aromatic carbocycles. The average Bonchev–Trinajstić information content (AvgIpc) is 2.38. The summed E-state index contributed by atoms with van der Waals surface area (Å²) in [5, 5.41) is 3.72. The van der Waals surface area contributed by atoms with Gasteiger partial charge >= 0.3 is 0 Å². The minimum absolute atomic E-state index is 0.317. The van der Waals surface area contributed by atoms with Crippen LogP contribution in [0.2, 0.25) is 0 Å². The number of aromatic nitrogens is 2. The standard InChI is InChI=1S/C14H22ClN3/c1-10(2)13-7-14(18-9-17-13)16-8-11-5-3-4-6-12(11)15/h7,9-12H,3-6,8H2,1-2H3,(H,16,17,18). The third kappa shape index (κ3) is 3.58. The van der Waals surface area contributed by atoms with E-state index in [1.165, 1.54) is 19.3 Å². The summed E-state index contributed by atoms with van der Waals surface area (Å²) in [6.45, 7) is 5.20. The number of nitrogens with zero attached hydrogens (tertiary/aromatic N) is 2. The lowest BCUT2D eigenvalue weighted by atomic mass is 9.89. The molecule has 1 aliphatic rings. The average molecular weight is 268 g/mol. The first kappa shape index (κ1) is 13.6. The van der Waals surface area contributed by atoms with Crippen molar-refractivity contribution in [3.05, 3.63) is 18.1 Å². The molecule has 0 radical (unpaired) electrons. The molecule has 2 unspecified atom stereocenters. The molecule has 1 fully saturated rings. The van der Waals surface area contributed by atoms with E-state index < -0.39 is 0 Å². The van der Waals surface area contributed by atoms with Gasteiger partial charge in [0.25, 0.3) is 0 Å². The summed E-state index contributed by atoms with van der Waals surface area (Å²) < 4.78 is 0. The van der Waals surface area contributed by atoms with Crippen LogP contribution in [-0.2, 0) is 0 Å². The predicted octanol–water partition coefficient (Wildman–Crippen LogP) is 3.81. The maximum absolute atomic E-state index is 6.36. The maximum Gasteiger partial charge on any atom is 0.129 e. The largest absolute Gasteiger partial charge is 0.370 e. The van der Waals surface area contributed by atoms with E-state index in [2.05, 4.69) is 29.1 Å². The lowest BCUT2D eigenvalue weighted by Crippen LogP contribution is -2.27. The molecule has 1 aromatic rings. The van der Waals surface area contributed by atoms with Gasteiger partial charge in [0.05, 0.1) is 0 Å². The molecule has 1 saturated carbocycles. The minimum Gasteiger partial charge on any atom is -0.370 e. The molecular weight excluding hydrogens is 246 g/mol. The molecule has 4 heteroatoms. The van der Waals surface area contributed by atoms with Gasteiger partial charge in [-0.3, -0.25) is 0 Å². The van der Waals surface area contributed by atoms with Gasteiger partial charge in [-0.05, 0) is 24.7 Å². The Bertz CT molecular complexity index is 381. The second-order valence-corrected chi connectivity index (χ2v) is 5.98. The van der Waals surface area contributed by atoms with Crippen LogP contribution >= 0.6 is 11.6 Å². The van der Waals surface area contributed by atoms with Gasteiger partial charge in [0.1, 0.15) is 12.1 Å². The SMILES string of the molecule is CC(C)c1cc(NCC2CCCCC2Cl)ncn1. The van der Waals surface area contributed by atoms with Crippen LogP contribution in [-0.4, -0.2) is 21.9 Å². The van der Waals surface area contributed by atoms with Crippen molar-refractivity contribution in [3.63, 3.8) is 0 Å². The van der Waals surface area contributed by atoms with Crippen molar-refractivity contribution in [2.24, 2.45) is 5.92 Å². The Balaban J connectivity index is 1.91. The van der Waals surface area contributed by atoms with E-state index in [9.17, 15) is 0 Å². The topological polar surface area (TPSA) is 37.8 Å². The molecule has 0 spiro atoms. The molecule has 1 aliphatic carbocycles. The van der Waals surface area contributed by atoms with Crippen LogP contribution < -0.4 is 5.32 Å². The summed E-state index contributed by atoms with van der Waals surface area (Å²) in [6.07, 6.45) is 6.58. The molecule has 0 bridgehead atoms. The Morgan fingerprint density at radius 3 is 2.83 bits per heavy atom. The van der Waals surface area contributed by atoms with E-state index in [0.29, 0.717) is 17.2 Å². The van der Waals surface area contributed by atoms with Crippen molar-refractivity contribution in [1.29, 1.82) is 0 Å². The third-order valence-electron chi connectivity index (χ3n) is 3.64. The van der Waals surface area contributed by atoms with Crippen molar-refractivity contribution in [2.75, 3.05) is 11.9 Å². The van der Waals surface area contributed by atoms with Gasteiger partial charge in [-0.2, -0.15) is 0 Å². The zero-order valence-corrected chi connectivity index (χ0v) is 12.0. The molecule has 18 heavy (non-hydrogen) atoms. The number of alkyl halides is 1. The van der Waals surface area contributed by atoms with E-state index in [0.717, 1.165) is 24.5 Å². The van der Waals surface area contributed by atoms with Crippen LogP contribution in [0.3, 0.4) is 0 Å². The Kier molecular flexibility index (Phi) is 4.81. The van der Waals surface area contributed by atoms with Crippen LogP contribution in [0.4, 0.5) is 5.82 Å². The zero-order chi connectivity index (χ0) is 13.0. The second kappa shape index (κ2) is 6.37. The fourth-order valence-electron chi connectivity index (χ4n) is 2.41. The van der Waals surface area contributed by atoms with Crippen LogP contribution in [0, 0.1) is 5.92 Å². The van der Waals surface area contributed by atoms with Crippen molar-refractivity contribution in [3.8, 4) is 0 Å². The van der Waals surface area contributed by atoms with Gasteiger partial charge in [0.15, 0.2) is 0 Å². The molecule has 1 aromatic heterocycles. The summed E-state index contributed by atoms with van der Waals surface area (Å²) >= 11 is 6.36. The van der Waals surface area contributed by atoms with Crippen molar-refractivity contribution >= 4 is 17.4 Å². The third-order valence-corrected chi connectivity index (χ3v) is 4.22. The summed E-state index contributed by atoms with van der Waals surface area (Å²) in [5.74, 6) is 1.92. The summed E-state index contributed by atoms with van der Waals surface area (Å²) in [6, 6.07) is 2.04. The molecule has 1 N–H and O–H groups in total. The van der Waals surface area contributed by atoms with Gasteiger partial charge in [0.2, 0.25) is 0 Å². The van der Waals surface area contributed by atoms with Crippen LogP contribution in [0.25, 0.3) is 0 Å². The Labute approximate surface area is 114 Å². The highest BCUT2D eigenvalue weighted by molar-refractivity contribution is 6.20. The van der Waals surface area contributed by atoms with Crippen LogP contribution in [0.5, 0.6) is 0 Å². The Hall–Kier alpha value is -0.830. The number of halogens is 1. The predicted molar refractivity (Wildman–Crippen MR) is 76.2 cm³/mol. The molecule has 0 amide bonds. The zero-order valence-electron chi connectivity index (χ0n) is 11.2. The fourth-order valence-corrected chi connectivity index (χ4v) is 2.78. The van der Waals surface area contributed by atoms with Crippen LogP contribution in [0.15, 0.2) is 12.4 Å². The van der Waals surface area contributed by atoms with Gasteiger partial charge < -0.3 is 5.32 Å². The van der Waals surface area contributed by atoms with E-state index in [4.69, 9.17) is 11.6 Å². The minimum atomic E-state index is 0.317. The van der Waals surface area contributed by atoms with Crippen molar-refractivity contribution < 1.29 is 0 Å². The van der Waals surface area contributed by atoms with E-state index in [-0.39, 0.29) is 0 Å². The van der Waals surface area contributed by atoms with E-state index in [1.54, 1.807) is 6.33 Å². The smallest absolute Gasteiger partial charge is 0.129 e. The molecule has 3 nitrogen and oxygen atoms in total. The summed E-state index contributed by atoms with van der Waals surface area (Å²) in [4.78, 5) is 8.54. The Morgan fingerprint density at radius 2 is 2.11 bits per heavy atom. The highest BCUT2D eigenvalue weighted by Gasteiger charge is 2.22. The lowest BCUT2D eigenvalue weighted by Gasteiger charge is -2.27. The quantitative estimate of drug-likeness (QED) is 0.843. The molecular formula is C14H22ClN3. The number of nitrogens with one attached hydrogen (secondary N) is 1. The number of hydrogen-bond donors (Lipinski definition) is 1. The van der Waals surface area contributed by atoms with Gasteiger partial charge in [-0.25, -0.2) is 9.97 Å². The summed E-state index contributed by atoms with van der Waals surface area (Å²) in [7, 11) is 0. The number of rotatable bonds is 4. The first-order chi connectivity index (χ1) is 8.66. The first-order valence-electron chi connectivity index (χ1n) is 6.86. The lowest BCUT2D eigenvalue weighted by molar-refractivity contribution is 0.380. The van der Waals surface area contributed by atoms with E-state index in [1.807, 2.05) is 6.07 Å². The van der Waals surface area contributed by atoms with Gasteiger partial charge in [-0.15, -0.1) is 11.6 Å². The van der Waals surface area contributed by atoms with Crippen LogP contribution in [0.1, 0.15) is 51.1 Å². The van der Waals surface area contributed by atoms with Crippen molar-refractivity contribution in [2.45, 2.75) is 50.8 Å². The highest BCUT2D eigenvalue weighted by atomic mass is 35.5. The molecule has 0 saturated heterocycles. The van der Waals surface area contributed by atoms with Crippen molar-refractivity contribution in [1.82, 2.24) is 9.97 Å². The normalized spacial score (nSPS) is 24.2. The second-order valence-electron chi connectivity index (χ2n) is 5.42. The molecule has 1 heterocycles. The maximum atomic E-state index is 6.36. The van der Waals surface area contributed by atoms with E-state index >= 15 is 0 Å². The first-order valence-corrected chi connectivity index (χ1v) is 7.30. The number of hydrogen-bond acceptors (Lipinski definition) is 3. The number of anilines is 1. The molecule has 100 valence electrons. The monoisotopic (exact) mass is 267 g/mol. The highest BCUT2D eigenvalue weighted by Crippen LogP contribution is 2.28. The molecule has 2 atom stereocenters. The van der Waals surface area contributed by atoms with Gasteiger partial charge in [0, 0.05) is 23.7 Å².